The molecular formula is C11H23N3O2. The second-order valence-corrected chi connectivity index (χ2v) is 4.00. The van der Waals surface area contributed by atoms with Crippen LogP contribution < -0.4 is 0 Å². The third-order valence-electron chi connectivity index (χ3n) is 2.07. The van der Waals surface area contributed by atoms with Gasteiger partial charge in [-0.3, -0.25) is 9.79 Å². The van der Waals surface area contributed by atoms with Gasteiger partial charge < -0.3 is 14.5 Å². The van der Waals surface area contributed by atoms with E-state index in [1.54, 1.807) is 0 Å². The van der Waals surface area contributed by atoms with Crippen LogP contribution in [0.3, 0.4) is 0 Å². The fraction of sp³-hybridized carbons (Fsp3) is 0.818. The summed E-state index contributed by atoms with van der Waals surface area (Å²) in [4.78, 5) is 19.3. The number of methoxy groups -OCH3 is 1. The maximum absolute atomic E-state index is 10.9. The van der Waals surface area contributed by atoms with Crippen molar-refractivity contribution in [3.05, 3.63) is 0 Å². The SMILES string of the molecule is COC(=O)CCCCN=C(N(C)C)N(C)C. The molecule has 5 nitrogen and oxygen atoms in total. The summed E-state index contributed by atoms with van der Waals surface area (Å²) in [5.41, 5.74) is 0. The third-order valence-corrected chi connectivity index (χ3v) is 2.07. The highest BCUT2D eigenvalue weighted by atomic mass is 16.5. The molecule has 0 aromatic heterocycles. The topological polar surface area (TPSA) is 45.1 Å². The average molecular weight is 229 g/mol. The van der Waals surface area contributed by atoms with Gasteiger partial charge in [0.25, 0.3) is 0 Å². The summed E-state index contributed by atoms with van der Waals surface area (Å²) in [5.74, 6) is 0.794. The van der Waals surface area contributed by atoms with Crippen LogP contribution in [0.2, 0.25) is 0 Å². The smallest absolute Gasteiger partial charge is 0.305 e. The van der Waals surface area contributed by atoms with Crippen LogP contribution >= 0.6 is 0 Å². The number of carbonyl (C=O) groups is 1. The van der Waals surface area contributed by atoms with Crippen LogP contribution in [0.1, 0.15) is 19.3 Å². The minimum Gasteiger partial charge on any atom is -0.469 e. The standard InChI is InChI=1S/C11H23N3O2/c1-13(2)11(14(3)4)12-9-7-6-8-10(15)16-5/h6-9H2,1-5H3. The van der Waals surface area contributed by atoms with Crippen molar-refractivity contribution in [2.75, 3.05) is 41.8 Å². The lowest BCUT2D eigenvalue weighted by molar-refractivity contribution is -0.140. The average Bonchev–Trinajstić information content (AvgIpc) is 2.21. The van der Waals surface area contributed by atoms with E-state index in [9.17, 15) is 4.79 Å². The van der Waals surface area contributed by atoms with Crippen LogP contribution in [0.25, 0.3) is 0 Å². The summed E-state index contributed by atoms with van der Waals surface area (Å²) in [6.45, 7) is 0.739. The Bertz CT molecular complexity index is 227. The molecule has 0 N–H and O–H groups in total. The fourth-order valence-electron chi connectivity index (χ4n) is 1.35. The molecule has 0 amide bonds. The zero-order valence-corrected chi connectivity index (χ0v) is 11.0. The number of ether oxygens (including phenoxy) is 1. The lowest BCUT2D eigenvalue weighted by Gasteiger charge is -2.22. The normalized spacial score (nSPS) is 9.56. The van der Waals surface area contributed by atoms with E-state index in [2.05, 4.69) is 9.73 Å². The number of hydrogen-bond acceptors (Lipinski definition) is 3. The summed E-state index contributed by atoms with van der Waals surface area (Å²) in [5, 5.41) is 0. The highest BCUT2D eigenvalue weighted by Gasteiger charge is 2.03. The number of guanidine groups is 1. The van der Waals surface area contributed by atoms with E-state index in [4.69, 9.17) is 0 Å². The van der Waals surface area contributed by atoms with Crippen molar-refractivity contribution in [2.24, 2.45) is 4.99 Å². The first-order valence-electron chi connectivity index (χ1n) is 5.45. The molecule has 0 aliphatic heterocycles. The van der Waals surface area contributed by atoms with Crippen molar-refractivity contribution >= 4 is 11.9 Å². The molecular weight excluding hydrogens is 206 g/mol. The second-order valence-electron chi connectivity index (χ2n) is 4.00. The maximum Gasteiger partial charge on any atom is 0.305 e. The lowest BCUT2D eigenvalue weighted by atomic mass is 10.2. The molecule has 0 bridgehead atoms. The zero-order valence-electron chi connectivity index (χ0n) is 11.0. The molecule has 16 heavy (non-hydrogen) atoms. The van der Waals surface area contributed by atoms with Crippen molar-refractivity contribution in [1.82, 2.24) is 9.80 Å². The van der Waals surface area contributed by atoms with Gasteiger partial charge >= 0.3 is 5.97 Å². The Morgan fingerprint density at radius 1 is 1.12 bits per heavy atom. The van der Waals surface area contributed by atoms with Crippen LogP contribution in [0.15, 0.2) is 4.99 Å². The van der Waals surface area contributed by atoms with Gasteiger partial charge in [0.1, 0.15) is 0 Å². The quantitative estimate of drug-likeness (QED) is 0.303. The number of hydrogen-bond donors (Lipinski definition) is 0. The number of esters is 1. The molecule has 0 aliphatic carbocycles. The molecule has 0 aromatic rings. The Labute approximate surface area is 98.1 Å². The predicted molar refractivity (Wildman–Crippen MR) is 65.5 cm³/mol. The zero-order chi connectivity index (χ0) is 12.6. The molecule has 5 heteroatoms. The summed E-state index contributed by atoms with van der Waals surface area (Å²) in [6.07, 6.45) is 2.20. The first-order chi connectivity index (χ1) is 7.49. The Morgan fingerprint density at radius 3 is 2.12 bits per heavy atom. The number of rotatable bonds is 5. The van der Waals surface area contributed by atoms with Crippen LogP contribution in [-0.4, -0.2) is 63.6 Å². The Morgan fingerprint density at radius 2 is 1.69 bits per heavy atom. The molecule has 0 unspecified atom stereocenters. The van der Waals surface area contributed by atoms with Crippen molar-refractivity contribution < 1.29 is 9.53 Å². The second kappa shape index (κ2) is 7.96. The monoisotopic (exact) mass is 229 g/mol. The summed E-state index contributed by atoms with van der Waals surface area (Å²) in [6, 6.07) is 0. The number of unbranched alkanes of at least 4 members (excludes halogenated alkanes) is 1. The van der Waals surface area contributed by atoms with Gasteiger partial charge in [0.2, 0.25) is 0 Å². The minimum atomic E-state index is -0.149. The Hall–Kier alpha value is -1.26. The van der Waals surface area contributed by atoms with Crippen LogP contribution in [0, 0.1) is 0 Å². The fourth-order valence-corrected chi connectivity index (χ4v) is 1.35. The van der Waals surface area contributed by atoms with Crippen LogP contribution in [-0.2, 0) is 9.53 Å². The van der Waals surface area contributed by atoms with Gasteiger partial charge in [-0.2, -0.15) is 0 Å². The summed E-state index contributed by atoms with van der Waals surface area (Å²) < 4.78 is 4.56. The molecule has 0 saturated heterocycles. The van der Waals surface area contributed by atoms with Gasteiger partial charge in [-0.25, -0.2) is 0 Å². The van der Waals surface area contributed by atoms with Crippen molar-refractivity contribution in [3.63, 3.8) is 0 Å². The molecule has 0 atom stereocenters. The van der Waals surface area contributed by atoms with Gasteiger partial charge in [0, 0.05) is 41.2 Å². The highest BCUT2D eigenvalue weighted by Crippen LogP contribution is 1.98. The van der Waals surface area contributed by atoms with E-state index in [-0.39, 0.29) is 5.97 Å². The molecule has 94 valence electrons. The van der Waals surface area contributed by atoms with Gasteiger partial charge in [-0.1, -0.05) is 0 Å². The van der Waals surface area contributed by atoms with E-state index in [0.717, 1.165) is 25.3 Å². The largest absolute Gasteiger partial charge is 0.469 e. The van der Waals surface area contributed by atoms with Crippen molar-refractivity contribution in [2.45, 2.75) is 19.3 Å². The van der Waals surface area contributed by atoms with E-state index < -0.39 is 0 Å². The molecule has 0 radical (unpaired) electrons. The molecule has 0 fully saturated rings. The first kappa shape index (κ1) is 14.7. The molecule has 0 spiro atoms. The van der Waals surface area contributed by atoms with Gasteiger partial charge in [-0.15, -0.1) is 0 Å². The van der Waals surface area contributed by atoms with E-state index >= 15 is 0 Å². The molecule has 0 rings (SSSR count). The highest BCUT2D eigenvalue weighted by molar-refractivity contribution is 5.79. The van der Waals surface area contributed by atoms with E-state index in [1.165, 1.54) is 7.11 Å². The minimum absolute atomic E-state index is 0.149. The summed E-state index contributed by atoms with van der Waals surface area (Å²) >= 11 is 0. The first-order valence-corrected chi connectivity index (χ1v) is 5.45. The number of carbonyl (C=O) groups excluding carboxylic acids is 1. The molecule has 0 aliphatic rings. The van der Waals surface area contributed by atoms with E-state index in [0.29, 0.717) is 6.42 Å². The lowest BCUT2D eigenvalue weighted by Crippen LogP contribution is -2.35. The third kappa shape index (κ3) is 6.27. The van der Waals surface area contributed by atoms with Gasteiger partial charge in [0.15, 0.2) is 5.96 Å². The van der Waals surface area contributed by atoms with Gasteiger partial charge in [0.05, 0.1) is 7.11 Å². The number of nitrogens with zero attached hydrogens (tertiary/aromatic N) is 3. The molecule has 0 saturated carbocycles. The van der Waals surface area contributed by atoms with Gasteiger partial charge in [-0.05, 0) is 12.8 Å². The van der Waals surface area contributed by atoms with Crippen LogP contribution in [0.5, 0.6) is 0 Å². The van der Waals surface area contributed by atoms with Crippen LogP contribution in [0.4, 0.5) is 0 Å². The van der Waals surface area contributed by atoms with Crippen molar-refractivity contribution in [1.29, 1.82) is 0 Å². The molecule has 0 heterocycles. The molecule has 0 aromatic carbocycles. The number of aliphatic imine (C=N–C) groups is 1. The predicted octanol–water partition coefficient (Wildman–Crippen LogP) is 0.809. The maximum atomic E-state index is 10.9. The Balaban J connectivity index is 3.84. The van der Waals surface area contributed by atoms with Crippen molar-refractivity contribution in [3.8, 4) is 0 Å². The summed E-state index contributed by atoms with van der Waals surface area (Å²) in [7, 11) is 9.28. The Kier molecular flexibility index (Phi) is 7.33. The van der Waals surface area contributed by atoms with E-state index in [1.807, 2.05) is 38.0 Å².